The van der Waals surface area contributed by atoms with Crippen LogP contribution in [0.2, 0.25) is 0 Å². The van der Waals surface area contributed by atoms with Gasteiger partial charge in [-0.25, -0.2) is 4.79 Å². The fourth-order valence-electron chi connectivity index (χ4n) is 9.07. The summed E-state index contributed by atoms with van der Waals surface area (Å²) in [6, 6.07) is 5.34. The number of fused-ring (bicyclic) bond motifs is 5. The number of pyridine rings is 1. The predicted octanol–water partition coefficient (Wildman–Crippen LogP) is 5.58. The number of hydrogen-bond donors (Lipinski definition) is 0. The van der Waals surface area contributed by atoms with Crippen LogP contribution in [0.15, 0.2) is 24.4 Å². The first-order chi connectivity index (χ1) is 17.0. The number of carbonyl (C=O) groups is 3. The first kappa shape index (κ1) is 25.6. The van der Waals surface area contributed by atoms with Crippen molar-refractivity contribution < 1.29 is 24.0 Å². The van der Waals surface area contributed by atoms with Gasteiger partial charge in [-0.1, -0.05) is 39.1 Å². The van der Waals surface area contributed by atoms with E-state index in [0.29, 0.717) is 34.6 Å². The SMILES string of the molecule is CC(=O)O[C@H]1CC[C@@]2(C)[C@@H](CC[C@H]3[C@@H]4CC[C@H](C(C)C(=O)On5ccccc5=S)[C@@]4(C)CC(=O)[C@@H]32)C1. The second-order valence-corrected chi connectivity index (χ2v) is 12.8. The molecule has 36 heavy (non-hydrogen) atoms. The van der Waals surface area contributed by atoms with Gasteiger partial charge in [-0.15, -0.1) is 0 Å². The maximum atomic E-state index is 14.0. The van der Waals surface area contributed by atoms with Crippen LogP contribution in [0.3, 0.4) is 0 Å². The number of Topliss-reactive ketones (excluding diaryl/α,β-unsaturated/α-hetero) is 1. The molecule has 0 amide bonds. The normalized spacial score (nSPS) is 40.4. The van der Waals surface area contributed by atoms with Gasteiger partial charge in [0.25, 0.3) is 0 Å². The summed E-state index contributed by atoms with van der Waals surface area (Å²) in [6.45, 7) is 8.03. The number of ketones is 1. The van der Waals surface area contributed by atoms with E-state index in [2.05, 4.69) is 13.8 Å². The summed E-state index contributed by atoms with van der Waals surface area (Å²) in [6.07, 6.45) is 9.01. The van der Waals surface area contributed by atoms with E-state index < -0.39 is 0 Å². The van der Waals surface area contributed by atoms with Crippen LogP contribution in [0.4, 0.5) is 0 Å². The van der Waals surface area contributed by atoms with E-state index in [1.165, 1.54) is 11.7 Å². The maximum absolute atomic E-state index is 14.0. The molecule has 0 saturated heterocycles. The number of aromatic nitrogens is 1. The summed E-state index contributed by atoms with van der Waals surface area (Å²) in [7, 11) is 0. The molecule has 4 aliphatic rings. The predicted molar refractivity (Wildman–Crippen MR) is 137 cm³/mol. The summed E-state index contributed by atoms with van der Waals surface area (Å²) in [4.78, 5) is 44.3. The Morgan fingerprint density at radius 3 is 2.61 bits per heavy atom. The van der Waals surface area contributed by atoms with Gasteiger partial charge >= 0.3 is 11.9 Å². The lowest BCUT2D eigenvalue weighted by Crippen LogP contribution is -2.58. The highest BCUT2D eigenvalue weighted by atomic mass is 32.1. The van der Waals surface area contributed by atoms with Crippen LogP contribution in [-0.4, -0.2) is 28.6 Å². The van der Waals surface area contributed by atoms with Gasteiger partial charge in [0.15, 0.2) is 0 Å². The standard InChI is InChI=1S/C29H39NO5S/c1-17(27(33)35-30-14-6-5-7-25(30)36)22-10-11-23-21-9-8-19-15-20(34-18(2)31)12-13-28(19,3)26(21)24(32)16-29(22,23)4/h5-7,14,17,19-23,26H,8-13,15-16H2,1-4H3/t17?,19-,20-,21-,22+,23-,26+,28-,29+/m0/s1. The Morgan fingerprint density at radius 1 is 1.11 bits per heavy atom. The Bertz CT molecular complexity index is 1110. The van der Waals surface area contributed by atoms with Crippen molar-refractivity contribution in [2.45, 2.75) is 85.2 Å². The summed E-state index contributed by atoms with van der Waals surface area (Å²) < 4.78 is 7.39. The van der Waals surface area contributed by atoms with Crippen molar-refractivity contribution in [1.29, 1.82) is 0 Å². The Labute approximate surface area is 219 Å². The van der Waals surface area contributed by atoms with Crippen LogP contribution in [-0.2, 0) is 19.1 Å². The Hall–Kier alpha value is -2.02. The molecule has 9 atom stereocenters. The minimum atomic E-state index is -0.308. The molecule has 1 aromatic rings. The quantitative estimate of drug-likeness (QED) is 0.387. The fourth-order valence-corrected chi connectivity index (χ4v) is 9.24. The van der Waals surface area contributed by atoms with E-state index in [-0.39, 0.29) is 46.6 Å². The van der Waals surface area contributed by atoms with Gasteiger partial charge in [-0.3, -0.25) is 9.59 Å². The van der Waals surface area contributed by atoms with Crippen LogP contribution >= 0.6 is 12.2 Å². The third-order valence-corrected chi connectivity index (χ3v) is 11.0. The molecule has 4 saturated carbocycles. The zero-order chi connectivity index (χ0) is 25.8. The molecule has 4 fully saturated rings. The van der Waals surface area contributed by atoms with E-state index in [0.717, 1.165) is 44.9 Å². The number of ether oxygens (including phenoxy) is 1. The molecule has 5 rings (SSSR count). The molecule has 0 bridgehead atoms. The molecule has 0 N–H and O–H groups in total. The number of nitrogens with zero attached hydrogens (tertiary/aromatic N) is 1. The topological polar surface area (TPSA) is 74.6 Å². The first-order valence-electron chi connectivity index (χ1n) is 13.6. The fraction of sp³-hybridized carbons (Fsp3) is 0.724. The zero-order valence-corrected chi connectivity index (χ0v) is 22.7. The largest absolute Gasteiger partial charge is 0.463 e. The molecule has 7 heteroatoms. The molecule has 0 aromatic carbocycles. The Morgan fingerprint density at radius 2 is 1.89 bits per heavy atom. The molecule has 0 spiro atoms. The van der Waals surface area contributed by atoms with Gasteiger partial charge < -0.3 is 9.57 Å². The van der Waals surface area contributed by atoms with Crippen LogP contribution < -0.4 is 4.84 Å². The molecular weight excluding hydrogens is 474 g/mol. The molecule has 0 radical (unpaired) electrons. The van der Waals surface area contributed by atoms with E-state index in [9.17, 15) is 14.4 Å². The van der Waals surface area contributed by atoms with E-state index in [1.54, 1.807) is 18.3 Å². The lowest BCUT2D eigenvalue weighted by atomic mass is 9.44. The number of esters is 1. The van der Waals surface area contributed by atoms with E-state index in [4.69, 9.17) is 21.8 Å². The van der Waals surface area contributed by atoms with Crippen molar-refractivity contribution in [2.24, 2.45) is 46.3 Å². The smallest absolute Gasteiger partial charge is 0.335 e. The highest BCUT2D eigenvalue weighted by molar-refractivity contribution is 7.71. The van der Waals surface area contributed by atoms with Gasteiger partial charge in [0.2, 0.25) is 0 Å². The lowest BCUT2D eigenvalue weighted by Gasteiger charge is -2.60. The molecule has 1 heterocycles. The third-order valence-electron chi connectivity index (χ3n) is 10.7. The molecule has 1 aromatic heterocycles. The lowest BCUT2D eigenvalue weighted by molar-refractivity contribution is -0.171. The maximum Gasteiger partial charge on any atom is 0.335 e. The monoisotopic (exact) mass is 513 g/mol. The van der Waals surface area contributed by atoms with Crippen molar-refractivity contribution in [2.75, 3.05) is 0 Å². The van der Waals surface area contributed by atoms with E-state index in [1.807, 2.05) is 13.0 Å². The summed E-state index contributed by atoms with van der Waals surface area (Å²) in [5.74, 6) is 1.03. The van der Waals surface area contributed by atoms with Crippen LogP contribution in [0.25, 0.3) is 0 Å². The van der Waals surface area contributed by atoms with Crippen molar-refractivity contribution >= 4 is 29.9 Å². The second kappa shape index (κ2) is 9.38. The first-order valence-corrected chi connectivity index (χ1v) is 14.0. The Kier molecular flexibility index (Phi) is 6.67. The number of hydrogen-bond acceptors (Lipinski definition) is 6. The second-order valence-electron chi connectivity index (χ2n) is 12.4. The van der Waals surface area contributed by atoms with Gasteiger partial charge in [0.1, 0.15) is 16.5 Å². The van der Waals surface area contributed by atoms with Crippen molar-refractivity contribution in [3.05, 3.63) is 29.0 Å². The summed E-state index contributed by atoms with van der Waals surface area (Å²) in [5.41, 5.74) is -0.211. The van der Waals surface area contributed by atoms with Gasteiger partial charge in [0.05, 0.1) is 5.92 Å². The van der Waals surface area contributed by atoms with Crippen molar-refractivity contribution in [1.82, 2.24) is 4.73 Å². The zero-order valence-electron chi connectivity index (χ0n) is 21.9. The third kappa shape index (κ3) is 4.15. The van der Waals surface area contributed by atoms with Crippen LogP contribution in [0.5, 0.6) is 0 Å². The highest BCUT2D eigenvalue weighted by Crippen LogP contribution is 2.67. The molecule has 0 aliphatic heterocycles. The molecule has 4 aliphatic carbocycles. The summed E-state index contributed by atoms with van der Waals surface area (Å²) >= 11 is 5.29. The minimum Gasteiger partial charge on any atom is -0.463 e. The van der Waals surface area contributed by atoms with Crippen molar-refractivity contribution in [3.8, 4) is 0 Å². The van der Waals surface area contributed by atoms with Crippen molar-refractivity contribution in [3.63, 3.8) is 0 Å². The minimum absolute atomic E-state index is 0.0121. The highest BCUT2D eigenvalue weighted by Gasteiger charge is 2.64. The van der Waals surface area contributed by atoms with Gasteiger partial charge in [-0.05, 0) is 91.6 Å². The van der Waals surface area contributed by atoms with Crippen LogP contribution in [0, 0.1) is 51.0 Å². The molecule has 196 valence electrons. The molecule has 1 unspecified atom stereocenters. The molecule has 6 nitrogen and oxygen atoms in total. The van der Waals surface area contributed by atoms with E-state index >= 15 is 0 Å². The molecular formula is C29H39NO5S. The summed E-state index contributed by atoms with van der Waals surface area (Å²) in [5, 5.41) is 0. The van der Waals surface area contributed by atoms with Gasteiger partial charge in [0, 0.05) is 25.5 Å². The Balaban J connectivity index is 1.34. The van der Waals surface area contributed by atoms with Crippen LogP contribution in [0.1, 0.15) is 79.1 Å². The average Bonchev–Trinajstić information content (AvgIpc) is 3.16. The van der Waals surface area contributed by atoms with Gasteiger partial charge in [-0.2, -0.15) is 4.73 Å². The number of carbonyl (C=O) groups excluding carboxylic acids is 3. The number of rotatable bonds is 4. The average molecular weight is 514 g/mol.